The van der Waals surface area contributed by atoms with Crippen molar-refractivity contribution in [3.8, 4) is 0 Å². The van der Waals surface area contributed by atoms with Gasteiger partial charge in [-0.1, -0.05) is 12.5 Å². The van der Waals surface area contributed by atoms with E-state index in [1.54, 1.807) is 6.20 Å². The highest BCUT2D eigenvalue weighted by Crippen LogP contribution is 2.27. The van der Waals surface area contributed by atoms with Gasteiger partial charge in [0.2, 0.25) is 5.91 Å². The van der Waals surface area contributed by atoms with Crippen LogP contribution in [0.25, 0.3) is 0 Å². The number of carbonyl (C=O) groups is 1. The summed E-state index contributed by atoms with van der Waals surface area (Å²) in [6.07, 6.45) is 6.52. The lowest BCUT2D eigenvalue weighted by Crippen LogP contribution is -2.44. The molecule has 1 saturated carbocycles. The smallest absolute Gasteiger partial charge is 0.227 e. The zero-order chi connectivity index (χ0) is 13.8. The van der Waals surface area contributed by atoms with Crippen molar-refractivity contribution in [2.24, 2.45) is 11.7 Å². The van der Waals surface area contributed by atoms with E-state index in [0.29, 0.717) is 6.54 Å². The van der Waals surface area contributed by atoms with E-state index in [2.05, 4.69) is 18.8 Å². The van der Waals surface area contributed by atoms with Crippen LogP contribution >= 0.6 is 0 Å². The topological polar surface area (TPSA) is 59.2 Å². The summed E-state index contributed by atoms with van der Waals surface area (Å²) in [7, 11) is 0. The largest absolute Gasteiger partial charge is 0.336 e. The number of nitrogens with zero attached hydrogens (tertiary/aromatic N) is 2. The zero-order valence-corrected chi connectivity index (χ0v) is 11.7. The second kappa shape index (κ2) is 6.15. The fraction of sp³-hybridized carbons (Fsp3) is 0.600. The van der Waals surface area contributed by atoms with Crippen molar-refractivity contribution < 1.29 is 4.79 Å². The van der Waals surface area contributed by atoms with Crippen LogP contribution in [0.15, 0.2) is 24.5 Å². The van der Waals surface area contributed by atoms with E-state index < -0.39 is 0 Å². The monoisotopic (exact) mass is 261 g/mol. The average Bonchev–Trinajstić information content (AvgIpc) is 2.82. The van der Waals surface area contributed by atoms with Crippen molar-refractivity contribution in [3.05, 3.63) is 30.1 Å². The molecule has 1 aliphatic carbocycles. The van der Waals surface area contributed by atoms with Crippen molar-refractivity contribution in [1.29, 1.82) is 0 Å². The van der Waals surface area contributed by atoms with Gasteiger partial charge in [0, 0.05) is 31.0 Å². The summed E-state index contributed by atoms with van der Waals surface area (Å²) in [5, 5.41) is 0. The van der Waals surface area contributed by atoms with Gasteiger partial charge in [-0.2, -0.15) is 0 Å². The van der Waals surface area contributed by atoms with E-state index in [-0.39, 0.29) is 23.9 Å². The van der Waals surface area contributed by atoms with E-state index in [9.17, 15) is 4.79 Å². The molecule has 104 valence electrons. The molecule has 2 atom stereocenters. The van der Waals surface area contributed by atoms with Gasteiger partial charge in [-0.05, 0) is 38.3 Å². The molecule has 0 aromatic carbocycles. The quantitative estimate of drug-likeness (QED) is 0.901. The first-order chi connectivity index (χ1) is 9.09. The van der Waals surface area contributed by atoms with Crippen LogP contribution in [0, 0.1) is 5.92 Å². The van der Waals surface area contributed by atoms with E-state index in [0.717, 1.165) is 24.8 Å². The van der Waals surface area contributed by atoms with Gasteiger partial charge in [-0.3, -0.25) is 9.78 Å². The maximum absolute atomic E-state index is 12.6. The summed E-state index contributed by atoms with van der Waals surface area (Å²) < 4.78 is 0. The summed E-state index contributed by atoms with van der Waals surface area (Å²) in [6.45, 7) is 4.72. The summed E-state index contributed by atoms with van der Waals surface area (Å²) in [5.74, 6) is 0.197. The number of nitrogens with two attached hydrogens (primary N) is 1. The van der Waals surface area contributed by atoms with Crippen LogP contribution in [0.5, 0.6) is 0 Å². The maximum atomic E-state index is 12.6. The molecule has 0 spiro atoms. The molecule has 2 unspecified atom stereocenters. The molecule has 0 aliphatic heterocycles. The number of rotatable bonds is 4. The summed E-state index contributed by atoms with van der Waals surface area (Å²) in [4.78, 5) is 18.7. The maximum Gasteiger partial charge on any atom is 0.227 e. The van der Waals surface area contributed by atoms with Crippen molar-refractivity contribution in [1.82, 2.24) is 9.88 Å². The summed E-state index contributed by atoms with van der Waals surface area (Å²) in [6, 6.07) is 4.12. The molecule has 19 heavy (non-hydrogen) atoms. The van der Waals surface area contributed by atoms with Gasteiger partial charge in [0.25, 0.3) is 0 Å². The minimum atomic E-state index is -0.000860. The average molecular weight is 261 g/mol. The van der Waals surface area contributed by atoms with Crippen LogP contribution in [-0.2, 0) is 11.3 Å². The predicted molar refractivity (Wildman–Crippen MR) is 75.2 cm³/mol. The molecule has 1 aromatic rings. The molecule has 1 aliphatic rings. The Morgan fingerprint density at radius 3 is 2.84 bits per heavy atom. The molecule has 1 amide bonds. The lowest BCUT2D eigenvalue weighted by Gasteiger charge is -2.30. The third-order valence-corrected chi connectivity index (χ3v) is 3.87. The molecule has 1 aromatic heterocycles. The third-order valence-electron chi connectivity index (χ3n) is 3.87. The molecule has 0 bridgehead atoms. The van der Waals surface area contributed by atoms with Crippen LogP contribution in [0.4, 0.5) is 0 Å². The number of aromatic nitrogens is 1. The second-order valence-corrected chi connectivity index (χ2v) is 5.62. The van der Waals surface area contributed by atoms with Crippen molar-refractivity contribution in [3.63, 3.8) is 0 Å². The Hall–Kier alpha value is -1.42. The Morgan fingerprint density at radius 1 is 1.53 bits per heavy atom. The van der Waals surface area contributed by atoms with Crippen molar-refractivity contribution in [2.45, 2.75) is 51.7 Å². The molecule has 4 nitrogen and oxygen atoms in total. The molecule has 0 radical (unpaired) electrons. The molecule has 0 saturated heterocycles. The van der Waals surface area contributed by atoms with Gasteiger partial charge in [0.05, 0.1) is 5.92 Å². The van der Waals surface area contributed by atoms with E-state index in [1.807, 2.05) is 23.2 Å². The molecule has 2 N–H and O–H groups in total. The highest BCUT2D eigenvalue weighted by Gasteiger charge is 2.34. The number of hydrogen-bond donors (Lipinski definition) is 1. The van der Waals surface area contributed by atoms with Gasteiger partial charge in [0.15, 0.2) is 0 Å². The van der Waals surface area contributed by atoms with Crippen LogP contribution in [-0.4, -0.2) is 27.9 Å². The number of carbonyl (C=O) groups excluding carboxylic acids is 1. The minimum absolute atomic E-state index is 0.000860. The van der Waals surface area contributed by atoms with Crippen LogP contribution < -0.4 is 5.73 Å². The van der Waals surface area contributed by atoms with Crippen molar-refractivity contribution in [2.75, 3.05) is 0 Å². The molecule has 4 heteroatoms. The van der Waals surface area contributed by atoms with Crippen molar-refractivity contribution >= 4 is 5.91 Å². The van der Waals surface area contributed by atoms with Gasteiger partial charge < -0.3 is 10.6 Å². The minimum Gasteiger partial charge on any atom is -0.336 e. The van der Waals surface area contributed by atoms with Crippen LogP contribution in [0.2, 0.25) is 0 Å². The first-order valence-electron chi connectivity index (χ1n) is 7.04. The summed E-state index contributed by atoms with van der Waals surface area (Å²) in [5.41, 5.74) is 7.12. The number of pyridine rings is 1. The normalized spacial score (nSPS) is 22.7. The Morgan fingerprint density at radius 2 is 2.32 bits per heavy atom. The standard InChI is InChI=1S/C15H23N3O/c1-11(2)18(10-12-5-4-8-17-9-12)15(19)13-6-3-7-14(13)16/h4-5,8-9,11,13-14H,3,6-7,10,16H2,1-2H3. The Labute approximate surface area is 115 Å². The predicted octanol–water partition coefficient (Wildman–Crippen LogP) is 1.95. The van der Waals surface area contributed by atoms with Gasteiger partial charge in [-0.15, -0.1) is 0 Å². The molecular weight excluding hydrogens is 238 g/mol. The van der Waals surface area contributed by atoms with Crippen LogP contribution in [0.3, 0.4) is 0 Å². The first-order valence-corrected chi connectivity index (χ1v) is 7.04. The Balaban J connectivity index is 2.09. The second-order valence-electron chi connectivity index (χ2n) is 5.62. The Kier molecular flexibility index (Phi) is 4.53. The fourth-order valence-corrected chi connectivity index (χ4v) is 2.71. The fourth-order valence-electron chi connectivity index (χ4n) is 2.71. The molecular formula is C15H23N3O. The zero-order valence-electron chi connectivity index (χ0n) is 11.7. The van der Waals surface area contributed by atoms with E-state index in [1.165, 1.54) is 0 Å². The number of amides is 1. The Bertz CT molecular complexity index is 419. The number of hydrogen-bond acceptors (Lipinski definition) is 3. The SMILES string of the molecule is CC(C)N(Cc1cccnc1)C(=O)C1CCCC1N. The summed E-state index contributed by atoms with van der Waals surface area (Å²) >= 11 is 0. The van der Waals surface area contributed by atoms with Crippen LogP contribution in [0.1, 0.15) is 38.7 Å². The van der Waals surface area contributed by atoms with Gasteiger partial charge in [0.1, 0.15) is 0 Å². The third kappa shape index (κ3) is 3.32. The lowest BCUT2D eigenvalue weighted by molar-refractivity contribution is -0.138. The highest BCUT2D eigenvalue weighted by atomic mass is 16.2. The van der Waals surface area contributed by atoms with Gasteiger partial charge >= 0.3 is 0 Å². The van der Waals surface area contributed by atoms with Gasteiger partial charge in [-0.25, -0.2) is 0 Å². The molecule has 1 fully saturated rings. The highest BCUT2D eigenvalue weighted by molar-refractivity contribution is 5.80. The molecule has 1 heterocycles. The van der Waals surface area contributed by atoms with E-state index in [4.69, 9.17) is 5.73 Å². The lowest BCUT2D eigenvalue weighted by atomic mass is 10.0. The first kappa shape index (κ1) is 14.0. The van der Waals surface area contributed by atoms with E-state index >= 15 is 0 Å². The molecule has 2 rings (SSSR count).